The van der Waals surface area contributed by atoms with E-state index in [0.29, 0.717) is 0 Å². The molecule has 0 saturated heterocycles. The van der Waals surface area contributed by atoms with Crippen molar-refractivity contribution in [2.24, 2.45) is 5.92 Å². The van der Waals surface area contributed by atoms with Crippen molar-refractivity contribution in [3.8, 4) is 0 Å². The standard InChI is InChI=1S/C13H17BrFNO4S/c1-7(2)8(3)16(4)21(19,20)11-6-9(14)5-10(12(11)15)13(17)18/h5-8H,1-4H3,(H,17,18). The first kappa shape index (κ1) is 18.1. The van der Waals surface area contributed by atoms with Gasteiger partial charge in [-0.1, -0.05) is 29.8 Å². The highest BCUT2D eigenvalue weighted by Crippen LogP contribution is 2.28. The lowest BCUT2D eigenvalue weighted by atomic mass is 10.1. The number of aromatic carboxylic acids is 1. The van der Waals surface area contributed by atoms with Crippen LogP contribution in [0.5, 0.6) is 0 Å². The topological polar surface area (TPSA) is 74.7 Å². The van der Waals surface area contributed by atoms with Gasteiger partial charge in [0.25, 0.3) is 0 Å². The lowest BCUT2D eigenvalue weighted by molar-refractivity contribution is 0.0691. The Balaban J connectivity index is 3.49. The highest BCUT2D eigenvalue weighted by Gasteiger charge is 2.31. The third-order valence-corrected chi connectivity index (χ3v) is 5.83. The number of benzene rings is 1. The maximum absolute atomic E-state index is 14.2. The van der Waals surface area contributed by atoms with Crippen LogP contribution in [-0.4, -0.2) is 36.9 Å². The maximum Gasteiger partial charge on any atom is 0.338 e. The molecule has 1 unspecified atom stereocenters. The number of hydrogen-bond acceptors (Lipinski definition) is 3. The number of sulfonamides is 1. The van der Waals surface area contributed by atoms with Crippen molar-refractivity contribution in [2.45, 2.75) is 31.7 Å². The molecule has 0 spiro atoms. The summed E-state index contributed by atoms with van der Waals surface area (Å²) in [5, 5.41) is 8.95. The molecular weight excluding hydrogens is 365 g/mol. The van der Waals surface area contributed by atoms with Crippen molar-refractivity contribution in [3.63, 3.8) is 0 Å². The van der Waals surface area contributed by atoms with Crippen molar-refractivity contribution in [3.05, 3.63) is 28.0 Å². The van der Waals surface area contributed by atoms with Gasteiger partial charge in [-0.2, -0.15) is 4.31 Å². The van der Waals surface area contributed by atoms with Crippen LogP contribution in [0.25, 0.3) is 0 Å². The average Bonchev–Trinajstić information content (AvgIpc) is 2.38. The van der Waals surface area contributed by atoms with E-state index in [0.717, 1.165) is 16.4 Å². The minimum atomic E-state index is -4.13. The Morgan fingerprint density at radius 1 is 1.33 bits per heavy atom. The van der Waals surface area contributed by atoms with E-state index in [1.807, 2.05) is 13.8 Å². The third kappa shape index (κ3) is 3.61. The zero-order chi connectivity index (χ0) is 16.5. The van der Waals surface area contributed by atoms with Crippen LogP contribution in [0.1, 0.15) is 31.1 Å². The van der Waals surface area contributed by atoms with E-state index in [-0.39, 0.29) is 16.4 Å². The van der Waals surface area contributed by atoms with Crippen LogP contribution in [0, 0.1) is 11.7 Å². The molecule has 1 atom stereocenters. The fourth-order valence-electron chi connectivity index (χ4n) is 1.70. The van der Waals surface area contributed by atoms with Crippen LogP contribution in [-0.2, 0) is 10.0 Å². The van der Waals surface area contributed by atoms with E-state index in [4.69, 9.17) is 5.11 Å². The number of carbonyl (C=O) groups is 1. The quantitative estimate of drug-likeness (QED) is 0.850. The molecule has 1 aromatic rings. The summed E-state index contributed by atoms with van der Waals surface area (Å²) in [5.41, 5.74) is -0.687. The number of halogens is 2. The molecular formula is C13H17BrFNO4S. The molecule has 0 bridgehead atoms. The number of rotatable bonds is 5. The van der Waals surface area contributed by atoms with Crippen molar-refractivity contribution >= 4 is 31.9 Å². The van der Waals surface area contributed by atoms with Crippen LogP contribution < -0.4 is 0 Å². The molecule has 0 aliphatic heterocycles. The largest absolute Gasteiger partial charge is 0.478 e. The second-order valence-corrected chi connectivity index (χ2v) is 7.96. The van der Waals surface area contributed by atoms with Gasteiger partial charge in [0.1, 0.15) is 4.90 Å². The predicted molar refractivity (Wildman–Crippen MR) is 80.3 cm³/mol. The Kier molecular flexibility index (Phi) is 5.51. The Morgan fingerprint density at radius 2 is 1.86 bits per heavy atom. The molecule has 0 saturated carbocycles. The Morgan fingerprint density at radius 3 is 2.29 bits per heavy atom. The first-order chi connectivity index (χ1) is 9.50. The van der Waals surface area contributed by atoms with Crippen LogP contribution in [0.3, 0.4) is 0 Å². The van der Waals surface area contributed by atoms with Gasteiger partial charge in [-0.25, -0.2) is 17.6 Å². The zero-order valence-electron chi connectivity index (χ0n) is 12.1. The van der Waals surface area contributed by atoms with Crippen LogP contribution >= 0.6 is 15.9 Å². The van der Waals surface area contributed by atoms with Crippen molar-refractivity contribution in [1.82, 2.24) is 4.31 Å². The number of carboxylic acids is 1. The van der Waals surface area contributed by atoms with Gasteiger partial charge < -0.3 is 5.11 Å². The molecule has 1 N–H and O–H groups in total. The molecule has 0 aromatic heterocycles. The summed E-state index contributed by atoms with van der Waals surface area (Å²) in [5.74, 6) is -2.75. The molecule has 0 aliphatic rings. The maximum atomic E-state index is 14.2. The van der Waals surface area contributed by atoms with E-state index in [1.165, 1.54) is 7.05 Å². The molecule has 118 valence electrons. The van der Waals surface area contributed by atoms with E-state index >= 15 is 0 Å². The Labute approximate surface area is 131 Å². The fraction of sp³-hybridized carbons (Fsp3) is 0.462. The molecule has 0 aliphatic carbocycles. The zero-order valence-corrected chi connectivity index (χ0v) is 14.5. The van der Waals surface area contributed by atoms with Crippen LogP contribution in [0.15, 0.2) is 21.5 Å². The normalized spacial score (nSPS) is 13.7. The molecule has 21 heavy (non-hydrogen) atoms. The first-order valence-electron chi connectivity index (χ1n) is 6.20. The summed E-state index contributed by atoms with van der Waals surface area (Å²) in [6, 6.07) is 1.74. The van der Waals surface area contributed by atoms with E-state index in [1.54, 1.807) is 6.92 Å². The Bertz CT molecular complexity index is 660. The molecule has 0 fully saturated rings. The van der Waals surface area contributed by atoms with Crippen LogP contribution in [0.4, 0.5) is 4.39 Å². The first-order valence-corrected chi connectivity index (χ1v) is 8.43. The number of nitrogens with zero attached hydrogens (tertiary/aromatic N) is 1. The SMILES string of the molecule is CC(C)C(C)N(C)S(=O)(=O)c1cc(Br)cc(C(=O)O)c1F. The predicted octanol–water partition coefficient (Wildman–Crippen LogP) is 2.95. The van der Waals surface area contributed by atoms with E-state index < -0.39 is 32.3 Å². The van der Waals surface area contributed by atoms with Crippen molar-refractivity contribution in [2.75, 3.05) is 7.05 Å². The summed E-state index contributed by atoms with van der Waals surface area (Å²) >= 11 is 3.01. The highest BCUT2D eigenvalue weighted by molar-refractivity contribution is 9.10. The summed E-state index contributed by atoms with van der Waals surface area (Å²) in [6.07, 6.45) is 0. The Hall–Kier alpha value is -0.990. The van der Waals surface area contributed by atoms with Crippen molar-refractivity contribution in [1.29, 1.82) is 0 Å². The molecule has 8 heteroatoms. The number of carboxylic acid groups (broad SMARTS) is 1. The summed E-state index contributed by atoms with van der Waals surface area (Å²) in [7, 11) is -2.78. The van der Waals surface area contributed by atoms with Crippen LogP contribution in [0.2, 0.25) is 0 Å². The summed E-state index contributed by atoms with van der Waals surface area (Å²) in [6.45, 7) is 5.39. The molecule has 0 radical (unpaired) electrons. The van der Waals surface area contributed by atoms with Gasteiger partial charge in [0.2, 0.25) is 10.0 Å². The van der Waals surface area contributed by atoms with Gasteiger partial charge in [-0.05, 0) is 25.0 Å². The monoisotopic (exact) mass is 381 g/mol. The molecule has 0 amide bonds. The summed E-state index contributed by atoms with van der Waals surface area (Å²) < 4.78 is 40.4. The smallest absolute Gasteiger partial charge is 0.338 e. The van der Waals surface area contributed by atoms with Gasteiger partial charge in [-0.3, -0.25) is 0 Å². The molecule has 1 rings (SSSR count). The van der Waals surface area contributed by atoms with Gasteiger partial charge in [0.15, 0.2) is 5.82 Å². The second-order valence-electron chi connectivity index (χ2n) is 5.08. The van der Waals surface area contributed by atoms with Crippen molar-refractivity contribution < 1.29 is 22.7 Å². The van der Waals surface area contributed by atoms with Gasteiger partial charge in [-0.15, -0.1) is 0 Å². The lowest BCUT2D eigenvalue weighted by Gasteiger charge is -2.27. The molecule has 1 aromatic carbocycles. The van der Waals surface area contributed by atoms with Gasteiger partial charge in [0, 0.05) is 17.6 Å². The molecule has 5 nitrogen and oxygen atoms in total. The molecule has 0 heterocycles. The van der Waals surface area contributed by atoms with E-state index in [9.17, 15) is 17.6 Å². The lowest BCUT2D eigenvalue weighted by Crippen LogP contribution is -2.38. The number of hydrogen-bond donors (Lipinski definition) is 1. The average molecular weight is 382 g/mol. The second kappa shape index (κ2) is 6.41. The van der Waals surface area contributed by atoms with Gasteiger partial charge >= 0.3 is 5.97 Å². The third-order valence-electron chi connectivity index (χ3n) is 3.43. The van der Waals surface area contributed by atoms with Gasteiger partial charge in [0.05, 0.1) is 5.56 Å². The minimum absolute atomic E-state index is 0.0268. The minimum Gasteiger partial charge on any atom is -0.478 e. The van der Waals surface area contributed by atoms with E-state index in [2.05, 4.69) is 15.9 Å². The highest BCUT2D eigenvalue weighted by atomic mass is 79.9. The fourth-order valence-corrected chi connectivity index (χ4v) is 3.91. The summed E-state index contributed by atoms with van der Waals surface area (Å²) in [4.78, 5) is 10.3.